The summed E-state index contributed by atoms with van der Waals surface area (Å²) in [4.78, 5) is 29.7. The van der Waals surface area contributed by atoms with Gasteiger partial charge in [-0.1, -0.05) is 54.4 Å². The molecule has 0 unspecified atom stereocenters. The average Bonchev–Trinajstić information content (AvgIpc) is 3.28. The molecule has 5 rings (SSSR count). The predicted molar refractivity (Wildman–Crippen MR) is 189 cm³/mol. The van der Waals surface area contributed by atoms with Crippen LogP contribution in [0.25, 0.3) is 0 Å². The van der Waals surface area contributed by atoms with Crippen molar-refractivity contribution in [2.45, 2.75) is 50.5 Å². The Morgan fingerprint density at radius 3 is 2.23 bits per heavy atom. The van der Waals surface area contributed by atoms with E-state index in [4.69, 9.17) is 32.7 Å². The van der Waals surface area contributed by atoms with Crippen LogP contribution in [0.4, 0.5) is 4.39 Å². The number of benzene rings is 3. The molecule has 2 heterocycles. The first-order valence-electron chi connectivity index (χ1n) is 16.2. The van der Waals surface area contributed by atoms with Crippen molar-refractivity contribution in [2.24, 2.45) is 11.8 Å². The lowest BCUT2D eigenvalue weighted by Gasteiger charge is -2.42. The van der Waals surface area contributed by atoms with E-state index in [9.17, 15) is 19.8 Å². The molecule has 0 aromatic heterocycles. The number of carbonyl (C=O) groups excluding carboxylic acids is 2. The maximum atomic E-state index is 16.7. The molecular formula is C37H44Cl2FNO6S. The second-order valence-electron chi connectivity index (χ2n) is 13.6. The Morgan fingerprint density at radius 1 is 1.08 bits per heavy atom. The number of ether oxygens (including phenoxy) is 2. The second kappa shape index (κ2) is 14.3. The van der Waals surface area contributed by atoms with Gasteiger partial charge in [0.15, 0.2) is 5.72 Å². The minimum absolute atomic E-state index is 0.0998. The monoisotopic (exact) mass is 719 g/mol. The van der Waals surface area contributed by atoms with Gasteiger partial charge >= 0.3 is 5.97 Å². The molecule has 0 aliphatic carbocycles. The van der Waals surface area contributed by atoms with E-state index in [1.54, 1.807) is 43.3 Å². The number of halogens is 3. The molecule has 1 saturated heterocycles. The van der Waals surface area contributed by atoms with E-state index >= 15 is 4.39 Å². The van der Waals surface area contributed by atoms with E-state index in [2.05, 4.69) is 18.8 Å². The zero-order chi connectivity index (χ0) is 35.0. The Bertz CT molecular complexity index is 1640. The van der Waals surface area contributed by atoms with Gasteiger partial charge in [0.2, 0.25) is 0 Å². The highest BCUT2D eigenvalue weighted by Crippen LogP contribution is 2.52. The number of hydrogen-bond acceptors (Lipinski definition) is 6. The molecule has 3 aromatic carbocycles. The molecule has 7 nitrogen and oxygen atoms in total. The summed E-state index contributed by atoms with van der Waals surface area (Å²) >= 11 is 12.5. The highest BCUT2D eigenvalue weighted by atomic mass is 35.5. The predicted octanol–water partition coefficient (Wildman–Crippen LogP) is 7.42. The fourth-order valence-corrected chi connectivity index (χ4v) is 7.78. The van der Waals surface area contributed by atoms with Gasteiger partial charge in [0.05, 0.1) is 35.3 Å². The minimum Gasteiger partial charge on any atom is -0.465 e. The molecule has 4 atom stereocenters. The van der Waals surface area contributed by atoms with E-state index in [1.165, 1.54) is 24.3 Å². The van der Waals surface area contributed by atoms with Gasteiger partial charge in [-0.15, -0.1) is 0 Å². The molecule has 11 heteroatoms. The van der Waals surface area contributed by atoms with E-state index in [0.29, 0.717) is 47.4 Å². The fourth-order valence-electron chi connectivity index (χ4n) is 6.95. The molecule has 0 saturated carbocycles. The third kappa shape index (κ3) is 7.00. The number of nitrogens with zero attached hydrogens (tertiary/aromatic N) is 1. The number of fused-ring (bicyclic) bond motifs is 1. The number of esters is 1. The average molecular weight is 721 g/mol. The van der Waals surface area contributed by atoms with Gasteiger partial charge in [0.1, 0.15) is 5.82 Å². The Balaban J connectivity index is 1.69. The summed E-state index contributed by atoms with van der Waals surface area (Å²) in [6, 6.07) is 14.4. The molecule has 0 spiro atoms. The van der Waals surface area contributed by atoms with Gasteiger partial charge in [-0.25, -0.2) is 14.4 Å². The first-order valence-corrected chi connectivity index (χ1v) is 19.9. The number of carbonyl (C=O) groups is 2. The van der Waals surface area contributed by atoms with Crippen LogP contribution in [0.5, 0.6) is 0 Å². The summed E-state index contributed by atoms with van der Waals surface area (Å²) in [5.74, 6) is -2.64. The molecule has 48 heavy (non-hydrogen) atoms. The normalized spacial score (nSPS) is 21.4. The Morgan fingerprint density at radius 2 is 1.67 bits per heavy atom. The van der Waals surface area contributed by atoms with Gasteiger partial charge in [-0.2, -0.15) is 0 Å². The van der Waals surface area contributed by atoms with Crippen molar-refractivity contribution in [3.8, 4) is 0 Å². The van der Waals surface area contributed by atoms with Crippen molar-refractivity contribution in [1.82, 2.24) is 4.90 Å². The largest absolute Gasteiger partial charge is 0.465 e. The van der Waals surface area contributed by atoms with Crippen molar-refractivity contribution in [2.75, 3.05) is 44.3 Å². The smallest absolute Gasteiger partial charge is 0.311 e. The molecule has 0 bridgehead atoms. The second-order valence-corrected chi connectivity index (χ2v) is 19.1. The lowest BCUT2D eigenvalue weighted by Crippen LogP contribution is -2.50. The van der Waals surface area contributed by atoms with E-state index in [-0.39, 0.29) is 41.2 Å². The summed E-state index contributed by atoms with van der Waals surface area (Å²) in [6.07, 6.45) is 7.80. The minimum atomic E-state index is -2.36. The van der Waals surface area contributed by atoms with Gasteiger partial charge in [0, 0.05) is 34.6 Å². The van der Waals surface area contributed by atoms with E-state index in [0.717, 1.165) is 4.90 Å². The van der Waals surface area contributed by atoms with Crippen LogP contribution in [0.2, 0.25) is 10.0 Å². The van der Waals surface area contributed by atoms with E-state index < -0.39 is 51.0 Å². The number of rotatable bonds is 11. The topological polar surface area (TPSA) is 96.3 Å². The van der Waals surface area contributed by atoms with Gasteiger partial charge in [-0.05, 0) is 98.4 Å². The maximum Gasteiger partial charge on any atom is 0.311 e. The molecular weight excluding hydrogens is 676 g/mol. The van der Waals surface area contributed by atoms with Crippen LogP contribution in [0, 0.1) is 17.7 Å². The SMILES string of the molecule is CC[C@@](O)(c1cc(F)c2c(c1)C(=O)N([C@H](c1ccc(Cl)cc1)[C@H](C)C(=O)OCCS(C)(C)C)[C@@]2(O)c1ccc(Cl)cc1)C1CCOCC1. The van der Waals surface area contributed by atoms with Crippen LogP contribution in [0.3, 0.4) is 0 Å². The molecule has 3 aromatic rings. The van der Waals surface area contributed by atoms with Gasteiger partial charge in [-0.3, -0.25) is 14.5 Å². The summed E-state index contributed by atoms with van der Waals surface area (Å²) in [5, 5.41) is 25.7. The van der Waals surface area contributed by atoms with Crippen molar-refractivity contribution >= 4 is 45.1 Å². The molecule has 1 amide bonds. The zero-order valence-electron chi connectivity index (χ0n) is 28.0. The summed E-state index contributed by atoms with van der Waals surface area (Å²) in [6.45, 7) is 4.59. The number of aliphatic hydroxyl groups is 2. The first kappa shape index (κ1) is 36.6. The quantitative estimate of drug-likeness (QED) is 0.200. The Kier molecular flexibility index (Phi) is 10.9. The summed E-state index contributed by atoms with van der Waals surface area (Å²) in [5.41, 5.74) is -3.24. The molecule has 0 radical (unpaired) electrons. The third-order valence-electron chi connectivity index (χ3n) is 9.69. The van der Waals surface area contributed by atoms with Crippen molar-refractivity contribution < 1.29 is 33.7 Å². The standard InChI is InChI=1S/C37H44Cl2FNO6S/c1-6-36(44,25-15-17-46-18-16-25)27-21-30-32(31(40)22-27)37(45,26-9-13-29(39)14-10-26)41(34(30)42)33(24-7-11-28(38)12-8-24)23(2)35(43)47-19-20-48(3,4)5/h7-14,21-23,25,33,44-45H,6,15-20H2,1-5H3/t23-,33-,36-,37+/m0/s1. The highest BCUT2D eigenvalue weighted by molar-refractivity contribution is 8.32. The van der Waals surface area contributed by atoms with Crippen molar-refractivity contribution in [1.29, 1.82) is 0 Å². The third-order valence-corrected chi connectivity index (χ3v) is 11.6. The van der Waals surface area contributed by atoms with E-state index in [1.807, 2.05) is 6.92 Å². The van der Waals surface area contributed by atoms with Crippen LogP contribution in [0.15, 0.2) is 60.7 Å². The Hall–Kier alpha value is -2.66. The van der Waals surface area contributed by atoms with Crippen LogP contribution >= 0.6 is 33.2 Å². The van der Waals surface area contributed by atoms with Crippen molar-refractivity contribution in [3.63, 3.8) is 0 Å². The Labute approximate surface area is 293 Å². The van der Waals surface area contributed by atoms with Crippen LogP contribution in [-0.2, 0) is 25.6 Å². The van der Waals surface area contributed by atoms with Gasteiger partial charge in [0.25, 0.3) is 5.91 Å². The van der Waals surface area contributed by atoms with Crippen LogP contribution < -0.4 is 0 Å². The fraction of sp³-hybridized carbons (Fsp3) is 0.459. The van der Waals surface area contributed by atoms with Crippen LogP contribution in [-0.4, -0.2) is 71.3 Å². The number of hydrogen-bond donors (Lipinski definition) is 2. The molecule has 260 valence electrons. The summed E-state index contributed by atoms with van der Waals surface area (Å²) in [7, 11) is -0.949. The molecule has 2 aliphatic heterocycles. The lowest BCUT2D eigenvalue weighted by molar-refractivity contribution is -0.153. The molecule has 1 fully saturated rings. The molecule has 2 N–H and O–H groups in total. The number of amides is 1. The first-order chi connectivity index (χ1) is 22.6. The maximum absolute atomic E-state index is 16.7. The van der Waals surface area contributed by atoms with Crippen molar-refractivity contribution in [3.05, 3.63) is 104 Å². The van der Waals surface area contributed by atoms with Crippen LogP contribution in [0.1, 0.15) is 71.8 Å². The van der Waals surface area contributed by atoms with Gasteiger partial charge < -0.3 is 19.7 Å². The lowest BCUT2D eigenvalue weighted by atomic mass is 9.74. The summed E-state index contributed by atoms with van der Waals surface area (Å²) < 4.78 is 28.0. The zero-order valence-corrected chi connectivity index (χ0v) is 30.3. The molecule has 2 aliphatic rings. The highest BCUT2D eigenvalue weighted by Gasteiger charge is 2.57.